The molecule has 2 heterocycles. The maximum Gasteiger partial charge on any atom is 0.315 e. The number of amides is 2. The van der Waals surface area contributed by atoms with Crippen LogP contribution in [0.4, 0.5) is 10.7 Å². The molecular formula is C21H32N6O. The Bertz CT molecular complexity index is 652. The molecule has 4 bridgehead atoms. The molecule has 1 aliphatic heterocycles. The second-order valence-electron chi connectivity index (χ2n) is 9.46. The zero-order chi connectivity index (χ0) is 19.0. The lowest BCUT2D eigenvalue weighted by Gasteiger charge is -2.56. The van der Waals surface area contributed by atoms with Crippen molar-refractivity contribution < 1.29 is 4.79 Å². The van der Waals surface area contributed by atoms with Gasteiger partial charge in [0, 0.05) is 57.2 Å². The van der Waals surface area contributed by atoms with Gasteiger partial charge in [-0.3, -0.25) is 4.90 Å². The smallest absolute Gasteiger partial charge is 0.315 e. The number of nitrogens with one attached hydrogen (secondary N) is 2. The molecule has 7 heteroatoms. The molecule has 4 aliphatic carbocycles. The fourth-order valence-corrected chi connectivity index (χ4v) is 6.50. The first-order chi connectivity index (χ1) is 13.7. The van der Waals surface area contributed by atoms with Crippen molar-refractivity contribution in [1.29, 1.82) is 0 Å². The van der Waals surface area contributed by atoms with E-state index < -0.39 is 0 Å². The molecule has 1 saturated heterocycles. The summed E-state index contributed by atoms with van der Waals surface area (Å²) < 4.78 is 0. The number of rotatable bonds is 5. The maximum atomic E-state index is 12.5. The summed E-state index contributed by atoms with van der Waals surface area (Å²) in [6.45, 7) is 5.44. The molecule has 1 aromatic rings. The Morgan fingerprint density at radius 2 is 1.61 bits per heavy atom. The SMILES string of the molecule is O=C(NCCN1CCN(c2ncccn2)CC1)NC12CC3CC(CC(C3)C1)C2. The van der Waals surface area contributed by atoms with Gasteiger partial charge >= 0.3 is 6.03 Å². The minimum atomic E-state index is 0.0401. The molecule has 0 aromatic carbocycles. The third-order valence-corrected chi connectivity index (χ3v) is 7.34. The highest BCUT2D eigenvalue weighted by Crippen LogP contribution is 2.55. The van der Waals surface area contributed by atoms with Crippen LogP contribution in [0.1, 0.15) is 38.5 Å². The van der Waals surface area contributed by atoms with Gasteiger partial charge in [0.2, 0.25) is 5.95 Å². The molecule has 28 heavy (non-hydrogen) atoms. The van der Waals surface area contributed by atoms with Crippen LogP contribution >= 0.6 is 0 Å². The van der Waals surface area contributed by atoms with Gasteiger partial charge in [-0.15, -0.1) is 0 Å². The van der Waals surface area contributed by atoms with E-state index in [0.717, 1.165) is 56.4 Å². The van der Waals surface area contributed by atoms with E-state index in [-0.39, 0.29) is 11.6 Å². The highest BCUT2D eigenvalue weighted by atomic mass is 16.2. The van der Waals surface area contributed by atoms with E-state index in [1.54, 1.807) is 12.4 Å². The lowest BCUT2D eigenvalue weighted by molar-refractivity contribution is -0.0135. The number of hydrogen-bond donors (Lipinski definition) is 2. The van der Waals surface area contributed by atoms with Crippen molar-refractivity contribution in [2.24, 2.45) is 17.8 Å². The van der Waals surface area contributed by atoms with Crippen molar-refractivity contribution in [3.63, 3.8) is 0 Å². The normalized spacial score (nSPS) is 34.4. The third-order valence-electron chi connectivity index (χ3n) is 7.34. The van der Waals surface area contributed by atoms with Gasteiger partial charge in [-0.05, 0) is 62.3 Å². The Morgan fingerprint density at radius 3 is 2.21 bits per heavy atom. The van der Waals surface area contributed by atoms with Gasteiger partial charge in [0.05, 0.1) is 0 Å². The molecule has 6 rings (SSSR count). The summed E-state index contributed by atoms with van der Waals surface area (Å²) >= 11 is 0. The van der Waals surface area contributed by atoms with Gasteiger partial charge in [0.1, 0.15) is 0 Å². The van der Waals surface area contributed by atoms with Crippen LogP contribution in [0.15, 0.2) is 18.5 Å². The maximum absolute atomic E-state index is 12.5. The summed E-state index contributed by atoms with van der Waals surface area (Å²) in [4.78, 5) is 25.8. The highest BCUT2D eigenvalue weighted by molar-refractivity contribution is 5.74. The second-order valence-corrected chi connectivity index (χ2v) is 9.46. The molecule has 5 aliphatic rings. The summed E-state index contributed by atoms with van der Waals surface area (Å²) in [5.74, 6) is 3.39. The first-order valence-corrected chi connectivity index (χ1v) is 11.0. The molecule has 0 spiro atoms. The highest BCUT2D eigenvalue weighted by Gasteiger charge is 2.51. The van der Waals surface area contributed by atoms with Crippen LogP contribution in [-0.2, 0) is 0 Å². The molecule has 2 N–H and O–H groups in total. The molecule has 0 atom stereocenters. The van der Waals surface area contributed by atoms with E-state index >= 15 is 0 Å². The summed E-state index contributed by atoms with van der Waals surface area (Å²) in [5.41, 5.74) is 0.0974. The molecule has 7 nitrogen and oxygen atoms in total. The van der Waals surface area contributed by atoms with E-state index in [4.69, 9.17) is 0 Å². The van der Waals surface area contributed by atoms with E-state index in [9.17, 15) is 4.79 Å². The topological polar surface area (TPSA) is 73.4 Å². The average molecular weight is 385 g/mol. The summed E-state index contributed by atoms with van der Waals surface area (Å²) in [7, 11) is 0. The van der Waals surface area contributed by atoms with Gasteiger partial charge in [0.15, 0.2) is 0 Å². The molecule has 0 unspecified atom stereocenters. The Morgan fingerprint density at radius 1 is 1.00 bits per heavy atom. The minimum absolute atomic E-state index is 0.0401. The molecular weight excluding hydrogens is 352 g/mol. The Balaban J connectivity index is 1.04. The van der Waals surface area contributed by atoms with Crippen LogP contribution in [-0.4, -0.2) is 65.7 Å². The van der Waals surface area contributed by atoms with Gasteiger partial charge < -0.3 is 15.5 Å². The monoisotopic (exact) mass is 384 g/mol. The molecule has 2 amide bonds. The van der Waals surface area contributed by atoms with E-state index in [1.165, 1.54) is 38.5 Å². The van der Waals surface area contributed by atoms with Crippen molar-refractivity contribution >= 4 is 12.0 Å². The average Bonchev–Trinajstić information content (AvgIpc) is 2.68. The van der Waals surface area contributed by atoms with Crippen molar-refractivity contribution in [2.45, 2.75) is 44.1 Å². The van der Waals surface area contributed by atoms with E-state index in [1.807, 2.05) is 6.07 Å². The summed E-state index contributed by atoms with van der Waals surface area (Å²) in [6, 6.07) is 1.89. The van der Waals surface area contributed by atoms with E-state index in [2.05, 4.69) is 30.4 Å². The number of carbonyl (C=O) groups excluding carboxylic acids is 1. The van der Waals surface area contributed by atoms with Crippen LogP contribution in [0.25, 0.3) is 0 Å². The number of carbonyl (C=O) groups is 1. The molecule has 5 fully saturated rings. The number of aromatic nitrogens is 2. The summed E-state index contributed by atoms with van der Waals surface area (Å²) in [5, 5.41) is 6.52. The number of urea groups is 1. The van der Waals surface area contributed by atoms with Crippen LogP contribution in [0.5, 0.6) is 0 Å². The zero-order valence-corrected chi connectivity index (χ0v) is 16.6. The summed E-state index contributed by atoms with van der Waals surface area (Å²) in [6.07, 6.45) is 11.4. The number of hydrogen-bond acceptors (Lipinski definition) is 5. The van der Waals surface area contributed by atoms with Crippen molar-refractivity contribution in [1.82, 2.24) is 25.5 Å². The molecule has 4 saturated carbocycles. The fraction of sp³-hybridized carbons (Fsp3) is 0.762. The van der Waals surface area contributed by atoms with Crippen LogP contribution in [0.3, 0.4) is 0 Å². The Kier molecular flexibility index (Phi) is 4.87. The molecule has 152 valence electrons. The first-order valence-electron chi connectivity index (χ1n) is 11.0. The molecule has 0 radical (unpaired) electrons. The van der Waals surface area contributed by atoms with Crippen LogP contribution in [0.2, 0.25) is 0 Å². The van der Waals surface area contributed by atoms with Crippen LogP contribution in [0, 0.1) is 17.8 Å². The quantitative estimate of drug-likeness (QED) is 0.811. The van der Waals surface area contributed by atoms with Crippen molar-refractivity contribution in [3.05, 3.63) is 18.5 Å². The van der Waals surface area contributed by atoms with E-state index in [0.29, 0.717) is 6.54 Å². The Labute approximate surface area is 167 Å². The van der Waals surface area contributed by atoms with Gasteiger partial charge in [0.25, 0.3) is 0 Å². The zero-order valence-electron chi connectivity index (χ0n) is 16.6. The lowest BCUT2D eigenvalue weighted by Crippen LogP contribution is -2.61. The number of anilines is 1. The third kappa shape index (κ3) is 3.81. The van der Waals surface area contributed by atoms with Gasteiger partial charge in [-0.1, -0.05) is 0 Å². The standard InChI is InChI=1S/C21H32N6O/c28-20(25-21-13-16-10-17(14-21)12-18(11-16)15-21)24-4-5-26-6-8-27(9-7-26)19-22-2-1-3-23-19/h1-3,16-18H,4-15H2,(H2,24,25,28). The first kappa shape index (κ1) is 18.2. The number of piperazine rings is 1. The van der Waals surface area contributed by atoms with Gasteiger partial charge in [-0.2, -0.15) is 0 Å². The number of nitrogens with zero attached hydrogens (tertiary/aromatic N) is 4. The van der Waals surface area contributed by atoms with Crippen molar-refractivity contribution in [3.8, 4) is 0 Å². The fourth-order valence-electron chi connectivity index (χ4n) is 6.50. The van der Waals surface area contributed by atoms with Crippen LogP contribution < -0.4 is 15.5 Å². The van der Waals surface area contributed by atoms with Gasteiger partial charge in [-0.25, -0.2) is 14.8 Å². The minimum Gasteiger partial charge on any atom is -0.338 e. The largest absolute Gasteiger partial charge is 0.338 e. The van der Waals surface area contributed by atoms with Crippen molar-refractivity contribution in [2.75, 3.05) is 44.2 Å². The molecule has 1 aromatic heterocycles. The Hall–Kier alpha value is -1.89. The lowest BCUT2D eigenvalue weighted by atomic mass is 9.53. The second kappa shape index (κ2) is 7.50. The predicted molar refractivity (Wildman–Crippen MR) is 108 cm³/mol. The predicted octanol–water partition coefficient (Wildman–Crippen LogP) is 1.87.